The van der Waals surface area contributed by atoms with E-state index in [4.69, 9.17) is 23.8 Å². The number of esters is 1. The van der Waals surface area contributed by atoms with Crippen molar-refractivity contribution in [2.45, 2.75) is 148 Å². The smallest absolute Gasteiger partial charge is 0.316 e. The van der Waals surface area contributed by atoms with Crippen molar-refractivity contribution in [2.24, 2.45) is 28.8 Å². The minimum Gasteiger partial charge on any atom is -0.459 e. The Bertz CT molecular complexity index is 1860. The van der Waals surface area contributed by atoms with Crippen LogP contribution in [-0.2, 0) is 52.8 Å². The standard InChI is InChI=1S/C45H73N7O12/c1-13-36-45(8,57)40(55)29(4)37(47-61-23-22-49(9)10)27(2)25-44(7,60-12)41(30(5)38(53)31(6)42(56)63-36)64-43-39(54)35(24-28(3)62-43)50(11)20-19-33-26-51(48-46-33)21-18-32-14-16-34(17-15-32)52(58)59/h14-17,26-31,35-36,39-41,43,54-55,57H,13,18-25H2,1-12H3/b47-37+/t27-,28-,29+,30+,31-,35+,36-,39-,40-,41-,43+,44-,45-/m1/s1. The molecule has 19 heteroatoms. The first-order valence-electron chi connectivity index (χ1n) is 22.4. The van der Waals surface area contributed by atoms with Crippen molar-refractivity contribution in [2.75, 3.05) is 47.9 Å². The van der Waals surface area contributed by atoms with E-state index in [0.29, 0.717) is 44.6 Å². The van der Waals surface area contributed by atoms with Gasteiger partial charge in [-0.2, -0.15) is 0 Å². The Morgan fingerprint density at radius 2 is 1.70 bits per heavy atom. The van der Waals surface area contributed by atoms with Gasteiger partial charge in [0.15, 0.2) is 12.1 Å². The zero-order valence-corrected chi connectivity index (χ0v) is 39.7. The van der Waals surface area contributed by atoms with Crippen LogP contribution in [0.1, 0.15) is 85.9 Å². The van der Waals surface area contributed by atoms with Crippen molar-refractivity contribution in [1.82, 2.24) is 24.8 Å². The van der Waals surface area contributed by atoms with Crippen LogP contribution in [0.4, 0.5) is 5.69 Å². The summed E-state index contributed by atoms with van der Waals surface area (Å²) in [4.78, 5) is 48.4. The molecule has 2 aliphatic rings. The lowest BCUT2D eigenvalue weighted by Crippen LogP contribution is -2.60. The molecule has 3 N–H and O–H groups in total. The van der Waals surface area contributed by atoms with Gasteiger partial charge >= 0.3 is 5.97 Å². The minimum absolute atomic E-state index is 0.0387. The van der Waals surface area contributed by atoms with Crippen molar-refractivity contribution >= 4 is 23.2 Å². The number of aromatic nitrogens is 3. The molecular formula is C45H73N7O12. The number of oxime groups is 1. The Kier molecular flexibility index (Phi) is 18.9. The summed E-state index contributed by atoms with van der Waals surface area (Å²) in [7, 11) is 7.22. The van der Waals surface area contributed by atoms with Gasteiger partial charge < -0.3 is 48.9 Å². The normalized spacial score (nSPS) is 34.2. The van der Waals surface area contributed by atoms with E-state index in [1.807, 2.05) is 51.0 Å². The van der Waals surface area contributed by atoms with E-state index in [2.05, 4.69) is 15.5 Å². The fraction of sp³-hybridized carbons (Fsp3) is 0.756. The number of nitrogens with zero attached hydrogens (tertiary/aromatic N) is 7. The topological polar surface area (TPSA) is 234 Å². The molecule has 2 aromatic rings. The quantitative estimate of drug-likeness (QED) is 0.0720. The van der Waals surface area contributed by atoms with Crippen LogP contribution >= 0.6 is 0 Å². The summed E-state index contributed by atoms with van der Waals surface area (Å²) in [5.41, 5.74) is -1.04. The number of carbonyl (C=O) groups excluding carboxylic acids is 2. The molecule has 13 atom stereocenters. The fourth-order valence-corrected chi connectivity index (χ4v) is 8.93. The highest BCUT2D eigenvalue weighted by atomic mass is 16.7. The van der Waals surface area contributed by atoms with Gasteiger partial charge in [0.25, 0.3) is 5.69 Å². The maximum atomic E-state index is 14.4. The monoisotopic (exact) mass is 904 g/mol. The molecule has 1 aromatic heterocycles. The van der Waals surface area contributed by atoms with Crippen LogP contribution in [-0.4, -0.2) is 165 Å². The zero-order chi connectivity index (χ0) is 47.7. The number of likely N-dealkylation sites (N-methyl/N-ethyl adjacent to an activating group) is 2. The number of aliphatic hydroxyl groups excluding tert-OH is 2. The van der Waals surface area contributed by atoms with Crippen LogP contribution in [0.15, 0.2) is 35.6 Å². The number of benzene rings is 1. The molecule has 3 heterocycles. The molecule has 0 spiro atoms. The molecule has 1 aromatic carbocycles. The van der Waals surface area contributed by atoms with Crippen molar-refractivity contribution in [3.63, 3.8) is 0 Å². The summed E-state index contributed by atoms with van der Waals surface area (Å²) in [6.45, 7) is 15.4. The van der Waals surface area contributed by atoms with Gasteiger partial charge in [-0.25, -0.2) is 0 Å². The summed E-state index contributed by atoms with van der Waals surface area (Å²) in [6, 6.07) is 6.01. The number of rotatable bonds is 16. The van der Waals surface area contributed by atoms with Gasteiger partial charge in [0.2, 0.25) is 0 Å². The number of methoxy groups -OCH3 is 1. The number of nitro groups is 1. The van der Waals surface area contributed by atoms with Crippen LogP contribution in [0.25, 0.3) is 0 Å². The molecule has 0 unspecified atom stereocenters. The first-order chi connectivity index (χ1) is 30.0. The predicted octanol–water partition coefficient (Wildman–Crippen LogP) is 3.44. The molecule has 360 valence electrons. The number of carbonyl (C=O) groups is 2. The number of ether oxygens (including phenoxy) is 4. The highest BCUT2D eigenvalue weighted by Crippen LogP contribution is 2.39. The van der Waals surface area contributed by atoms with Crippen LogP contribution in [0, 0.1) is 33.8 Å². The van der Waals surface area contributed by atoms with E-state index in [-0.39, 0.29) is 31.2 Å². The molecule has 4 rings (SSSR count). The lowest BCUT2D eigenvalue weighted by molar-refractivity contribution is -0.384. The molecule has 0 aliphatic carbocycles. The molecule has 0 bridgehead atoms. The van der Waals surface area contributed by atoms with Gasteiger partial charge in [-0.05, 0) is 80.1 Å². The second-order valence-electron chi connectivity index (χ2n) is 18.5. The number of ketones is 1. The van der Waals surface area contributed by atoms with E-state index >= 15 is 0 Å². The summed E-state index contributed by atoms with van der Waals surface area (Å²) in [5.74, 6) is -4.89. The summed E-state index contributed by atoms with van der Waals surface area (Å²) >= 11 is 0. The Balaban J connectivity index is 1.59. The predicted molar refractivity (Wildman–Crippen MR) is 237 cm³/mol. The third-order valence-electron chi connectivity index (χ3n) is 13.1. The Morgan fingerprint density at radius 3 is 2.31 bits per heavy atom. The van der Waals surface area contributed by atoms with E-state index < -0.39 is 88.3 Å². The molecule has 19 nitrogen and oxygen atoms in total. The second-order valence-corrected chi connectivity index (χ2v) is 18.5. The first-order valence-corrected chi connectivity index (χ1v) is 22.4. The van der Waals surface area contributed by atoms with Gasteiger partial charge in [-0.1, -0.05) is 50.2 Å². The van der Waals surface area contributed by atoms with Crippen molar-refractivity contribution < 1.29 is 53.6 Å². The molecule has 2 saturated heterocycles. The molecule has 64 heavy (non-hydrogen) atoms. The van der Waals surface area contributed by atoms with Gasteiger partial charge in [0, 0.05) is 75.3 Å². The lowest BCUT2D eigenvalue weighted by Gasteiger charge is -2.47. The average molecular weight is 904 g/mol. The van der Waals surface area contributed by atoms with Gasteiger partial charge in [0.05, 0.1) is 40.2 Å². The number of non-ortho nitro benzene ring substituents is 1. The first kappa shape index (κ1) is 52.7. The maximum absolute atomic E-state index is 14.4. The zero-order valence-electron chi connectivity index (χ0n) is 39.7. The number of aryl methyl sites for hydroxylation is 2. The van der Waals surface area contributed by atoms with E-state index in [0.717, 1.165) is 11.3 Å². The lowest BCUT2D eigenvalue weighted by atomic mass is 9.74. The van der Waals surface area contributed by atoms with Crippen molar-refractivity contribution in [1.29, 1.82) is 0 Å². The van der Waals surface area contributed by atoms with E-state index in [1.54, 1.807) is 44.5 Å². The number of hydrogen-bond donors (Lipinski definition) is 3. The number of cyclic esters (lactones) is 1. The van der Waals surface area contributed by atoms with Gasteiger partial charge in [-0.3, -0.25) is 24.4 Å². The van der Waals surface area contributed by atoms with Crippen LogP contribution in [0.2, 0.25) is 0 Å². The number of aliphatic hydroxyl groups is 3. The molecule has 0 saturated carbocycles. The Hall–Kier alpha value is -3.95. The molecule has 2 fully saturated rings. The molecule has 2 aliphatic heterocycles. The van der Waals surface area contributed by atoms with Crippen LogP contribution in [0.5, 0.6) is 0 Å². The van der Waals surface area contributed by atoms with Crippen LogP contribution < -0.4 is 0 Å². The van der Waals surface area contributed by atoms with Gasteiger partial charge in [-0.15, -0.1) is 5.10 Å². The third kappa shape index (κ3) is 13.1. The van der Waals surface area contributed by atoms with Gasteiger partial charge in [0.1, 0.15) is 30.3 Å². The number of nitro benzene ring substituents is 1. The SMILES string of the molecule is CC[C@H]1OC(=O)[C@H](C)C(=O)[C@H](C)[C@@H](O[C@@H]2O[C@H](C)C[C@H](N(C)CCc3cn(CCc4ccc([N+](=O)[O-])cc4)nn3)[C@H]2O)[C@](C)(OC)C[C@@H](C)/C(=N\OCCN(C)C)[C@H](C)[C@@H](O)[C@]1(C)O. The second kappa shape index (κ2) is 23.0. The largest absolute Gasteiger partial charge is 0.459 e. The highest BCUT2D eigenvalue weighted by Gasteiger charge is 2.52. The highest BCUT2D eigenvalue weighted by molar-refractivity contribution is 6.00. The minimum atomic E-state index is -1.92. The van der Waals surface area contributed by atoms with E-state index in [1.165, 1.54) is 33.1 Å². The van der Waals surface area contributed by atoms with Crippen molar-refractivity contribution in [3.8, 4) is 0 Å². The fourth-order valence-electron chi connectivity index (χ4n) is 8.93. The maximum Gasteiger partial charge on any atom is 0.316 e. The summed E-state index contributed by atoms with van der Waals surface area (Å²) in [5, 5.41) is 59.7. The van der Waals surface area contributed by atoms with Crippen molar-refractivity contribution in [3.05, 3.63) is 51.8 Å². The summed E-state index contributed by atoms with van der Waals surface area (Å²) < 4.78 is 26.9. The number of hydrogen-bond acceptors (Lipinski definition) is 17. The Labute approximate surface area is 377 Å². The van der Waals surface area contributed by atoms with Crippen LogP contribution in [0.3, 0.4) is 0 Å². The molecular weight excluding hydrogens is 831 g/mol. The van der Waals surface area contributed by atoms with E-state index in [9.17, 15) is 35.0 Å². The third-order valence-corrected chi connectivity index (χ3v) is 13.1. The average Bonchev–Trinajstić information content (AvgIpc) is 3.72. The molecule has 0 radical (unpaired) electrons. The Morgan fingerprint density at radius 1 is 1.03 bits per heavy atom. The number of Topliss-reactive ketones (excluding diaryl/α,β-unsaturated/α-hetero) is 1. The summed E-state index contributed by atoms with van der Waals surface area (Å²) in [6.07, 6.45) is -2.58. The molecule has 0 amide bonds.